The molecule has 0 unspecified atom stereocenters. The molecule has 3 rings (SSSR count). The second-order valence-corrected chi connectivity index (χ2v) is 6.09. The first-order chi connectivity index (χ1) is 8.75. The molecular weight excluding hydrogens is 289 g/mol. The summed E-state index contributed by atoms with van der Waals surface area (Å²) in [7, 11) is 0. The Morgan fingerprint density at radius 1 is 1.17 bits per heavy atom. The van der Waals surface area contributed by atoms with E-state index in [9.17, 15) is 0 Å². The molecule has 0 saturated carbocycles. The van der Waals surface area contributed by atoms with Crippen LogP contribution in [-0.2, 0) is 0 Å². The summed E-state index contributed by atoms with van der Waals surface area (Å²) in [5.41, 5.74) is 0.821. The van der Waals surface area contributed by atoms with E-state index in [4.69, 9.17) is 23.2 Å². The van der Waals surface area contributed by atoms with Gasteiger partial charge in [-0.25, -0.2) is 4.98 Å². The summed E-state index contributed by atoms with van der Waals surface area (Å²) in [5, 5.41) is 5.80. The van der Waals surface area contributed by atoms with Crippen molar-refractivity contribution >= 4 is 49.9 Å². The van der Waals surface area contributed by atoms with Crippen molar-refractivity contribution in [2.24, 2.45) is 0 Å². The quantitative estimate of drug-likeness (QED) is 0.875. The largest absolute Gasteiger partial charge is 0.347 e. The Balaban J connectivity index is 2.02. The normalized spacial score (nSPS) is 17.1. The van der Waals surface area contributed by atoms with Gasteiger partial charge in [0, 0.05) is 19.6 Å². The van der Waals surface area contributed by atoms with Gasteiger partial charge >= 0.3 is 0 Å². The number of benzene rings is 1. The fraction of sp³-hybridized carbons (Fsp3) is 0.417. The van der Waals surface area contributed by atoms with Crippen LogP contribution in [0.25, 0.3) is 10.2 Å². The number of nitrogens with zero attached hydrogens (tertiary/aromatic N) is 2. The Hall–Kier alpha value is -0.550. The number of rotatable bonds is 1. The summed E-state index contributed by atoms with van der Waals surface area (Å²) in [6.07, 6.45) is 1.14. The topological polar surface area (TPSA) is 28.2 Å². The van der Waals surface area contributed by atoms with Gasteiger partial charge in [-0.1, -0.05) is 34.5 Å². The van der Waals surface area contributed by atoms with E-state index in [1.807, 2.05) is 6.07 Å². The molecule has 6 heteroatoms. The van der Waals surface area contributed by atoms with Crippen LogP contribution in [-0.4, -0.2) is 31.2 Å². The first-order valence-electron chi connectivity index (χ1n) is 5.96. The molecule has 1 aliphatic heterocycles. The monoisotopic (exact) mass is 301 g/mol. The number of halogens is 2. The van der Waals surface area contributed by atoms with E-state index in [1.54, 1.807) is 17.4 Å². The molecule has 1 N–H and O–H groups in total. The van der Waals surface area contributed by atoms with Gasteiger partial charge in [-0.15, -0.1) is 0 Å². The van der Waals surface area contributed by atoms with Crippen molar-refractivity contribution in [3.05, 3.63) is 22.2 Å². The van der Waals surface area contributed by atoms with Crippen LogP contribution in [0.15, 0.2) is 12.1 Å². The summed E-state index contributed by atoms with van der Waals surface area (Å²) in [5.74, 6) is 0. The van der Waals surface area contributed by atoms with E-state index in [0.717, 1.165) is 53.0 Å². The smallest absolute Gasteiger partial charge is 0.186 e. The number of hydrogen-bond donors (Lipinski definition) is 1. The lowest BCUT2D eigenvalue weighted by atomic mass is 10.3. The van der Waals surface area contributed by atoms with Crippen LogP contribution >= 0.6 is 34.5 Å². The third-order valence-electron chi connectivity index (χ3n) is 3.05. The Morgan fingerprint density at radius 3 is 2.83 bits per heavy atom. The van der Waals surface area contributed by atoms with Crippen LogP contribution in [0.1, 0.15) is 6.42 Å². The Morgan fingerprint density at radius 2 is 2.00 bits per heavy atom. The van der Waals surface area contributed by atoms with Crippen LogP contribution in [0.5, 0.6) is 0 Å². The summed E-state index contributed by atoms with van der Waals surface area (Å²) < 4.78 is 0.983. The SMILES string of the molecule is Clc1ccc(Cl)c2sc(N3CCCNCC3)nc12. The maximum Gasteiger partial charge on any atom is 0.186 e. The number of anilines is 1. The highest BCUT2D eigenvalue weighted by Gasteiger charge is 2.16. The number of thiazole rings is 1. The van der Waals surface area contributed by atoms with Gasteiger partial charge in [-0.05, 0) is 25.1 Å². The highest BCUT2D eigenvalue weighted by atomic mass is 35.5. The van der Waals surface area contributed by atoms with Gasteiger partial charge in [0.2, 0.25) is 0 Å². The highest BCUT2D eigenvalue weighted by molar-refractivity contribution is 7.22. The summed E-state index contributed by atoms with van der Waals surface area (Å²) in [6, 6.07) is 3.64. The molecule has 0 radical (unpaired) electrons. The second kappa shape index (κ2) is 5.21. The molecule has 0 atom stereocenters. The molecule has 0 spiro atoms. The molecule has 1 aliphatic rings. The lowest BCUT2D eigenvalue weighted by Crippen LogP contribution is -2.27. The van der Waals surface area contributed by atoms with Gasteiger partial charge < -0.3 is 10.2 Å². The van der Waals surface area contributed by atoms with Crippen molar-refractivity contribution in [2.75, 3.05) is 31.1 Å². The van der Waals surface area contributed by atoms with Gasteiger partial charge in [0.1, 0.15) is 5.52 Å². The van der Waals surface area contributed by atoms with Gasteiger partial charge in [0.05, 0.1) is 14.7 Å². The zero-order chi connectivity index (χ0) is 12.5. The van der Waals surface area contributed by atoms with Crippen molar-refractivity contribution in [3.8, 4) is 0 Å². The van der Waals surface area contributed by atoms with Gasteiger partial charge in [-0.3, -0.25) is 0 Å². The second-order valence-electron chi connectivity index (χ2n) is 4.29. The molecule has 0 aliphatic carbocycles. The molecule has 96 valence electrons. The van der Waals surface area contributed by atoms with Crippen LogP contribution in [0.4, 0.5) is 5.13 Å². The van der Waals surface area contributed by atoms with E-state index >= 15 is 0 Å². The summed E-state index contributed by atoms with van der Waals surface area (Å²) in [6.45, 7) is 4.08. The van der Waals surface area contributed by atoms with E-state index in [1.165, 1.54) is 0 Å². The minimum Gasteiger partial charge on any atom is -0.347 e. The molecular formula is C12H13Cl2N3S. The van der Waals surface area contributed by atoms with Crippen LogP contribution in [0.2, 0.25) is 10.0 Å². The first-order valence-corrected chi connectivity index (χ1v) is 7.53. The lowest BCUT2D eigenvalue weighted by Gasteiger charge is -2.17. The summed E-state index contributed by atoms with van der Waals surface area (Å²) in [4.78, 5) is 6.94. The molecule has 1 saturated heterocycles. The predicted octanol–water partition coefficient (Wildman–Crippen LogP) is 3.40. The van der Waals surface area contributed by atoms with Gasteiger partial charge in [0.25, 0.3) is 0 Å². The Kier molecular flexibility index (Phi) is 3.61. The van der Waals surface area contributed by atoms with Crippen molar-refractivity contribution in [1.82, 2.24) is 10.3 Å². The molecule has 1 fully saturated rings. The fourth-order valence-corrected chi connectivity index (χ4v) is 3.68. The third kappa shape index (κ3) is 2.30. The average Bonchev–Trinajstić information content (AvgIpc) is 2.65. The zero-order valence-corrected chi connectivity index (χ0v) is 12.1. The molecule has 0 bridgehead atoms. The molecule has 2 aromatic rings. The van der Waals surface area contributed by atoms with E-state index in [-0.39, 0.29) is 0 Å². The molecule has 1 aromatic heterocycles. The molecule has 0 amide bonds. The molecule has 18 heavy (non-hydrogen) atoms. The number of aromatic nitrogens is 1. The Labute approximate surface area is 120 Å². The lowest BCUT2D eigenvalue weighted by molar-refractivity contribution is 0.724. The minimum absolute atomic E-state index is 0.671. The standard InChI is InChI=1S/C12H13Cl2N3S/c13-8-2-3-9(14)11-10(8)16-12(18-11)17-6-1-4-15-5-7-17/h2-3,15H,1,4-7H2. The van der Waals surface area contributed by atoms with Crippen molar-refractivity contribution in [3.63, 3.8) is 0 Å². The maximum atomic E-state index is 6.19. The maximum absolute atomic E-state index is 6.19. The third-order valence-corrected chi connectivity index (χ3v) is 4.93. The van der Waals surface area contributed by atoms with Crippen LogP contribution < -0.4 is 10.2 Å². The van der Waals surface area contributed by atoms with Gasteiger partial charge in [-0.2, -0.15) is 0 Å². The van der Waals surface area contributed by atoms with Crippen molar-refractivity contribution in [1.29, 1.82) is 0 Å². The number of nitrogens with one attached hydrogen (secondary N) is 1. The van der Waals surface area contributed by atoms with Gasteiger partial charge in [0.15, 0.2) is 5.13 Å². The Bertz CT molecular complexity index is 523. The summed E-state index contributed by atoms with van der Waals surface area (Å²) >= 11 is 14.0. The van der Waals surface area contributed by atoms with E-state index < -0.39 is 0 Å². The van der Waals surface area contributed by atoms with Crippen molar-refractivity contribution < 1.29 is 0 Å². The average molecular weight is 302 g/mol. The number of hydrogen-bond acceptors (Lipinski definition) is 4. The van der Waals surface area contributed by atoms with Crippen molar-refractivity contribution in [2.45, 2.75) is 6.42 Å². The minimum atomic E-state index is 0.671. The highest BCUT2D eigenvalue weighted by Crippen LogP contribution is 2.37. The first kappa shape index (κ1) is 12.5. The predicted molar refractivity (Wildman–Crippen MR) is 79.3 cm³/mol. The zero-order valence-electron chi connectivity index (χ0n) is 9.75. The molecule has 1 aromatic carbocycles. The fourth-order valence-electron chi connectivity index (χ4n) is 2.11. The van der Waals surface area contributed by atoms with E-state index in [2.05, 4.69) is 15.2 Å². The molecule has 2 heterocycles. The molecule has 3 nitrogen and oxygen atoms in total. The van der Waals surface area contributed by atoms with Crippen LogP contribution in [0.3, 0.4) is 0 Å². The van der Waals surface area contributed by atoms with Crippen LogP contribution in [0, 0.1) is 0 Å². The number of fused-ring (bicyclic) bond motifs is 1. The van der Waals surface area contributed by atoms with E-state index in [0.29, 0.717) is 5.02 Å².